The molecule has 1 saturated heterocycles. The van der Waals surface area contributed by atoms with Crippen molar-refractivity contribution in [2.75, 3.05) is 39.9 Å². The number of piperidine rings is 1. The minimum Gasteiger partial charge on any atom is -0.383 e. The van der Waals surface area contributed by atoms with Gasteiger partial charge in [-0.25, -0.2) is 0 Å². The molecule has 0 atom stereocenters. The average Bonchev–Trinajstić information content (AvgIpc) is 2.52. The van der Waals surface area contributed by atoms with Gasteiger partial charge < -0.3 is 15.0 Å². The highest BCUT2D eigenvalue weighted by molar-refractivity contribution is 9.10. The van der Waals surface area contributed by atoms with Crippen LogP contribution < -0.4 is 5.32 Å². The lowest BCUT2D eigenvalue weighted by atomic mass is 9.96. The fraction of sp³-hybridized carbons (Fsp3) is 0.562. The molecule has 1 aromatic carbocycles. The number of halogens is 1. The minimum absolute atomic E-state index is 0.00397. The van der Waals surface area contributed by atoms with Gasteiger partial charge in [-0.2, -0.15) is 0 Å². The third kappa shape index (κ3) is 5.09. The summed E-state index contributed by atoms with van der Waals surface area (Å²) in [5.41, 5.74) is 0.704. The standard InChI is InChI=1S/C16H23BrN2O2/c1-21-11-10-19-8-6-13(7-9-19)12-18-16(20)14-4-2-3-5-15(14)17/h2-5,13H,6-12H2,1H3,(H,18,20). The summed E-state index contributed by atoms with van der Waals surface area (Å²) >= 11 is 3.42. The van der Waals surface area contributed by atoms with E-state index < -0.39 is 0 Å². The van der Waals surface area contributed by atoms with Crippen LogP contribution in [-0.4, -0.2) is 50.7 Å². The molecule has 1 aliphatic heterocycles. The average molecular weight is 355 g/mol. The first-order valence-electron chi connectivity index (χ1n) is 7.44. The SMILES string of the molecule is COCCN1CCC(CNC(=O)c2ccccc2Br)CC1. The first kappa shape index (κ1) is 16.5. The predicted octanol–water partition coefficient (Wildman–Crippen LogP) is 2.54. The van der Waals surface area contributed by atoms with Gasteiger partial charge in [0.2, 0.25) is 0 Å². The van der Waals surface area contributed by atoms with Gasteiger partial charge in [0.25, 0.3) is 5.91 Å². The van der Waals surface area contributed by atoms with Gasteiger partial charge in [0.15, 0.2) is 0 Å². The van der Waals surface area contributed by atoms with Crippen LogP contribution >= 0.6 is 15.9 Å². The van der Waals surface area contributed by atoms with Crippen LogP contribution in [0.1, 0.15) is 23.2 Å². The van der Waals surface area contributed by atoms with Gasteiger partial charge in [0, 0.05) is 24.7 Å². The molecular formula is C16H23BrN2O2. The molecule has 0 aliphatic carbocycles. The normalized spacial score (nSPS) is 16.9. The number of benzene rings is 1. The van der Waals surface area contributed by atoms with E-state index in [4.69, 9.17) is 4.74 Å². The van der Waals surface area contributed by atoms with Crippen LogP contribution in [-0.2, 0) is 4.74 Å². The van der Waals surface area contributed by atoms with E-state index in [0.29, 0.717) is 11.5 Å². The molecule has 116 valence electrons. The van der Waals surface area contributed by atoms with E-state index >= 15 is 0 Å². The number of hydrogen-bond acceptors (Lipinski definition) is 3. The van der Waals surface area contributed by atoms with E-state index in [1.807, 2.05) is 24.3 Å². The van der Waals surface area contributed by atoms with Crippen LogP contribution in [0, 0.1) is 5.92 Å². The number of ether oxygens (including phenoxy) is 1. The molecule has 1 aromatic rings. The lowest BCUT2D eigenvalue weighted by Crippen LogP contribution is -2.39. The van der Waals surface area contributed by atoms with Gasteiger partial charge >= 0.3 is 0 Å². The lowest BCUT2D eigenvalue weighted by Gasteiger charge is -2.31. The third-order valence-electron chi connectivity index (χ3n) is 3.99. The van der Waals surface area contributed by atoms with E-state index in [0.717, 1.165) is 50.1 Å². The topological polar surface area (TPSA) is 41.6 Å². The van der Waals surface area contributed by atoms with Gasteiger partial charge in [-0.3, -0.25) is 4.79 Å². The van der Waals surface area contributed by atoms with E-state index in [2.05, 4.69) is 26.1 Å². The number of nitrogens with one attached hydrogen (secondary N) is 1. The Kier molecular flexibility index (Phi) is 6.67. The number of amides is 1. The van der Waals surface area contributed by atoms with Gasteiger partial charge in [0.05, 0.1) is 12.2 Å². The molecule has 0 unspecified atom stereocenters. The second kappa shape index (κ2) is 8.51. The third-order valence-corrected chi connectivity index (χ3v) is 4.68. The zero-order valence-corrected chi connectivity index (χ0v) is 14.1. The maximum Gasteiger partial charge on any atom is 0.252 e. The minimum atomic E-state index is 0.00397. The summed E-state index contributed by atoms with van der Waals surface area (Å²) in [6, 6.07) is 7.53. The summed E-state index contributed by atoms with van der Waals surface area (Å²) in [5, 5.41) is 3.06. The summed E-state index contributed by atoms with van der Waals surface area (Å²) in [7, 11) is 1.74. The van der Waals surface area contributed by atoms with Crippen molar-refractivity contribution in [2.45, 2.75) is 12.8 Å². The van der Waals surface area contributed by atoms with Crippen LogP contribution in [0.25, 0.3) is 0 Å². The fourth-order valence-corrected chi connectivity index (χ4v) is 3.08. The fourth-order valence-electron chi connectivity index (χ4n) is 2.61. The van der Waals surface area contributed by atoms with E-state index in [9.17, 15) is 4.79 Å². The van der Waals surface area contributed by atoms with Crippen LogP contribution in [0.3, 0.4) is 0 Å². The Hall–Kier alpha value is -0.910. The van der Waals surface area contributed by atoms with Crippen molar-refractivity contribution >= 4 is 21.8 Å². The molecule has 5 heteroatoms. The largest absolute Gasteiger partial charge is 0.383 e. The highest BCUT2D eigenvalue weighted by Crippen LogP contribution is 2.18. The number of carbonyl (C=O) groups excluding carboxylic acids is 1. The quantitative estimate of drug-likeness (QED) is 0.853. The van der Waals surface area contributed by atoms with E-state index in [1.54, 1.807) is 7.11 Å². The van der Waals surface area contributed by atoms with Crippen LogP contribution in [0.5, 0.6) is 0 Å². The van der Waals surface area contributed by atoms with Crippen LogP contribution in [0.4, 0.5) is 0 Å². The van der Waals surface area contributed by atoms with Crippen molar-refractivity contribution in [3.8, 4) is 0 Å². The van der Waals surface area contributed by atoms with Crippen LogP contribution in [0.15, 0.2) is 28.7 Å². The second-order valence-corrected chi connectivity index (χ2v) is 6.32. The summed E-state index contributed by atoms with van der Waals surface area (Å²) < 4.78 is 5.95. The number of nitrogens with zero attached hydrogens (tertiary/aromatic N) is 1. The molecule has 1 fully saturated rings. The smallest absolute Gasteiger partial charge is 0.252 e. The Morgan fingerprint density at radius 3 is 2.76 bits per heavy atom. The van der Waals surface area contributed by atoms with Gasteiger partial charge in [-0.1, -0.05) is 12.1 Å². The zero-order valence-electron chi connectivity index (χ0n) is 12.5. The first-order valence-corrected chi connectivity index (χ1v) is 8.24. The predicted molar refractivity (Wildman–Crippen MR) is 87.5 cm³/mol. The van der Waals surface area contributed by atoms with Crippen molar-refractivity contribution in [1.29, 1.82) is 0 Å². The Bertz CT molecular complexity index is 459. The molecule has 1 heterocycles. The Morgan fingerprint density at radius 2 is 2.10 bits per heavy atom. The molecule has 1 aliphatic rings. The molecule has 0 saturated carbocycles. The van der Waals surface area contributed by atoms with Crippen molar-refractivity contribution in [3.05, 3.63) is 34.3 Å². The van der Waals surface area contributed by atoms with Crippen LogP contribution in [0.2, 0.25) is 0 Å². The maximum absolute atomic E-state index is 12.1. The highest BCUT2D eigenvalue weighted by atomic mass is 79.9. The summed E-state index contributed by atoms with van der Waals surface area (Å²) in [4.78, 5) is 14.6. The number of rotatable bonds is 6. The molecular weight excluding hydrogens is 332 g/mol. The van der Waals surface area contributed by atoms with Gasteiger partial charge in [-0.15, -0.1) is 0 Å². The molecule has 0 spiro atoms. The van der Waals surface area contributed by atoms with Gasteiger partial charge in [-0.05, 0) is 59.9 Å². The van der Waals surface area contributed by atoms with Gasteiger partial charge in [0.1, 0.15) is 0 Å². The Morgan fingerprint density at radius 1 is 1.38 bits per heavy atom. The van der Waals surface area contributed by atoms with Crippen molar-refractivity contribution in [2.24, 2.45) is 5.92 Å². The van der Waals surface area contributed by atoms with E-state index in [1.165, 1.54) is 0 Å². The van der Waals surface area contributed by atoms with Crippen molar-refractivity contribution in [3.63, 3.8) is 0 Å². The molecule has 21 heavy (non-hydrogen) atoms. The van der Waals surface area contributed by atoms with Crippen molar-refractivity contribution < 1.29 is 9.53 Å². The molecule has 0 radical (unpaired) electrons. The van der Waals surface area contributed by atoms with E-state index in [-0.39, 0.29) is 5.91 Å². The maximum atomic E-state index is 12.1. The number of likely N-dealkylation sites (tertiary alicyclic amines) is 1. The molecule has 0 aromatic heterocycles. The molecule has 2 rings (SSSR count). The lowest BCUT2D eigenvalue weighted by molar-refractivity contribution is 0.0925. The second-order valence-electron chi connectivity index (χ2n) is 5.47. The number of carbonyl (C=O) groups is 1. The van der Waals surface area contributed by atoms with Crippen molar-refractivity contribution in [1.82, 2.24) is 10.2 Å². The molecule has 0 bridgehead atoms. The molecule has 4 nitrogen and oxygen atoms in total. The monoisotopic (exact) mass is 354 g/mol. The summed E-state index contributed by atoms with van der Waals surface area (Å²) in [6.07, 6.45) is 2.28. The Labute approximate surface area is 135 Å². The zero-order chi connectivity index (χ0) is 15.1. The molecule has 1 amide bonds. The Balaban J connectivity index is 1.72. The number of methoxy groups -OCH3 is 1. The molecule has 1 N–H and O–H groups in total. The highest BCUT2D eigenvalue weighted by Gasteiger charge is 2.19. The first-order chi connectivity index (χ1) is 10.2. The number of hydrogen-bond donors (Lipinski definition) is 1. The summed E-state index contributed by atoms with van der Waals surface area (Å²) in [6.45, 7) is 4.76. The summed E-state index contributed by atoms with van der Waals surface area (Å²) in [5.74, 6) is 0.583.